The zero-order valence-corrected chi connectivity index (χ0v) is 15.6. The Morgan fingerprint density at radius 2 is 1.85 bits per heavy atom. The number of fused-ring (bicyclic) bond motifs is 1. The lowest BCUT2D eigenvalue weighted by Crippen LogP contribution is -2.26. The average Bonchev–Trinajstić information content (AvgIpc) is 2.67. The first-order chi connectivity index (χ1) is 12.6. The molecule has 0 fully saturated rings. The molecule has 2 aromatic carbocycles. The number of thioether (sulfide) groups is 1. The summed E-state index contributed by atoms with van der Waals surface area (Å²) in [6, 6.07) is 16.6. The topological polar surface area (TPSA) is 64.0 Å². The van der Waals surface area contributed by atoms with Crippen molar-refractivity contribution in [2.24, 2.45) is 0 Å². The molecule has 0 saturated heterocycles. The summed E-state index contributed by atoms with van der Waals surface area (Å²) in [6.45, 7) is 4.02. The highest BCUT2D eigenvalue weighted by Gasteiger charge is 2.16. The molecule has 0 aliphatic carbocycles. The van der Waals surface area contributed by atoms with Gasteiger partial charge in [-0.1, -0.05) is 49.0 Å². The SMILES string of the molecule is CC[C@@H](C)n1c(SCC(=O)Nc2ccccc2)nc2ccccc2c1=O. The smallest absolute Gasteiger partial charge is 0.262 e. The van der Waals surface area contributed by atoms with Crippen LogP contribution < -0.4 is 10.9 Å². The maximum Gasteiger partial charge on any atom is 0.262 e. The van der Waals surface area contributed by atoms with E-state index in [1.807, 2.05) is 62.4 Å². The van der Waals surface area contributed by atoms with E-state index in [9.17, 15) is 9.59 Å². The lowest BCUT2D eigenvalue weighted by molar-refractivity contribution is -0.113. The van der Waals surface area contributed by atoms with Gasteiger partial charge in [-0.15, -0.1) is 0 Å². The second kappa shape index (κ2) is 8.19. The van der Waals surface area contributed by atoms with Crippen LogP contribution in [0.3, 0.4) is 0 Å². The Labute approximate surface area is 156 Å². The Morgan fingerprint density at radius 1 is 1.15 bits per heavy atom. The number of carbonyl (C=O) groups is 1. The lowest BCUT2D eigenvalue weighted by atomic mass is 10.2. The van der Waals surface area contributed by atoms with Crippen molar-refractivity contribution in [2.45, 2.75) is 31.5 Å². The number of nitrogens with one attached hydrogen (secondary N) is 1. The summed E-state index contributed by atoms with van der Waals surface area (Å²) in [5, 5.41) is 4.03. The summed E-state index contributed by atoms with van der Waals surface area (Å²) >= 11 is 1.29. The molecule has 1 heterocycles. The van der Waals surface area contributed by atoms with Gasteiger partial charge in [-0.05, 0) is 37.6 Å². The first-order valence-electron chi connectivity index (χ1n) is 8.59. The Balaban J connectivity index is 1.86. The van der Waals surface area contributed by atoms with Crippen molar-refractivity contribution in [3.63, 3.8) is 0 Å². The van der Waals surface area contributed by atoms with Crippen LogP contribution in [0, 0.1) is 0 Å². The molecule has 1 N–H and O–H groups in total. The van der Waals surface area contributed by atoms with E-state index in [4.69, 9.17) is 0 Å². The van der Waals surface area contributed by atoms with Gasteiger partial charge < -0.3 is 5.32 Å². The summed E-state index contributed by atoms with van der Waals surface area (Å²) in [7, 11) is 0. The number of aromatic nitrogens is 2. The van der Waals surface area contributed by atoms with Crippen molar-refractivity contribution in [1.29, 1.82) is 0 Å². The van der Waals surface area contributed by atoms with Crippen LogP contribution in [0.4, 0.5) is 5.69 Å². The molecular weight excluding hydrogens is 346 g/mol. The van der Waals surface area contributed by atoms with E-state index in [1.165, 1.54) is 11.8 Å². The van der Waals surface area contributed by atoms with Crippen molar-refractivity contribution in [3.8, 4) is 0 Å². The number of hydrogen-bond acceptors (Lipinski definition) is 4. The van der Waals surface area contributed by atoms with Crippen molar-refractivity contribution >= 4 is 34.3 Å². The van der Waals surface area contributed by atoms with Crippen LogP contribution in [0.25, 0.3) is 10.9 Å². The van der Waals surface area contributed by atoms with Gasteiger partial charge in [0.2, 0.25) is 5.91 Å². The largest absolute Gasteiger partial charge is 0.325 e. The van der Waals surface area contributed by atoms with E-state index in [1.54, 1.807) is 10.6 Å². The molecule has 0 aliphatic heterocycles. The summed E-state index contributed by atoms with van der Waals surface area (Å²) in [4.78, 5) is 29.8. The molecule has 3 rings (SSSR count). The summed E-state index contributed by atoms with van der Waals surface area (Å²) in [6.07, 6.45) is 0.809. The Hall–Kier alpha value is -2.60. The third-order valence-corrected chi connectivity index (χ3v) is 5.15. The molecule has 0 spiro atoms. The molecule has 26 heavy (non-hydrogen) atoms. The van der Waals surface area contributed by atoms with Gasteiger partial charge in [0.15, 0.2) is 5.16 Å². The molecule has 0 saturated carbocycles. The van der Waals surface area contributed by atoms with Crippen molar-refractivity contribution in [1.82, 2.24) is 9.55 Å². The fourth-order valence-electron chi connectivity index (χ4n) is 2.65. The molecule has 134 valence electrons. The Morgan fingerprint density at radius 3 is 2.58 bits per heavy atom. The van der Waals surface area contributed by atoms with Gasteiger partial charge in [0.05, 0.1) is 16.7 Å². The predicted molar refractivity (Wildman–Crippen MR) is 107 cm³/mol. The van der Waals surface area contributed by atoms with Crippen LogP contribution >= 0.6 is 11.8 Å². The number of carbonyl (C=O) groups excluding carboxylic acids is 1. The van der Waals surface area contributed by atoms with Crippen molar-refractivity contribution in [3.05, 3.63) is 65.0 Å². The van der Waals surface area contributed by atoms with Crippen LogP contribution in [-0.2, 0) is 4.79 Å². The molecule has 1 amide bonds. The normalized spacial score (nSPS) is 12.1. The number of hydrogen-bond donors (Lipinski definition) is 1. The molecule has 0 aliphatic rings. The molecule has 0 unspecified atom stereocenters. The molecule has 1 atom stereocenters. The Bertz CT molecular complexity index is 970. The number of para-hydroxylation sites is 2. The Kier molecular flexibility index (Phi) is 5.73. The number of nitrogens with zero attached hydrogens (tertiary/aromatic N) is 2. The highest BCUT2D eigenvalue weighted by atomic mass is 32.2. The van der Waals surface area contributed by atoms with E-state index >= 15 is 0 Å². The first-order valence-corrected chi connectivity index (χ1v) is 9.57. The minimum atomic E-state index is -0.126. The minimum absolute atomic E-state index is 0.0132. The van der Waals surface area contributed by atoms with Gasteiger partial charge >= 0.3 is 0 Å². The van der Waals surface area contributed by atoms with Gasteiger partial charge in [-0.25, -0.2) is 4.98 Å². The first kappa shape index (κ1) is 18.2. The van der Waals surface area contributed by atoms with Crippen LogP contribution in [0.1, 0.15) is 26.3 Å². The van der Waals surface area contributed by atoms with Gasteiger partial charge in [0.1, 0.15) is 0 Å². The lowest BCUT2D eigenvalue weighted by Gasteiger charge is -2.18. The van der Waals surface area contributed by atoms with Gasteiger partial charge in [-0.3, -0.25) is 14.2 Å². The third-order valence-electron chi connectivity index (χ3n) is 4.20. The molecule has 0 radical (unpaired) electrons. The van der Waals surface area contributed by atoms with Crippen LogP contribution in [0.5, 0.6) is 0 Å². The molecule has 6 heteroatoms. The maximum absolute atomic E-state index is 12.9. The highest BCUT2D eigenvalue weighted by Crippen LogP contribution is 2.22. The minimum Gasteiger partial charge on any atom is -0.325 e. The zero-order chi connectivity index (χ0) is 18.5. The fraction of sp³-hybridized carbons (Fsp3) is 0.250. The maximum atomic E-state index is 12.9. The van der Waals surface area contributed by atoms with E-state index in [0.717, 1.165) is 12.1 Å². The number of rotatable bonds is 6. The van der Waals surface area contributed by atoms with E-state index < -0.39 is 0 Å². The number of anilines is 1. The zero-order valence-electron chi connectivity index (χ0n) is 14.8. The second-order valence-electron chi connectivity index (χ2n) is 6.05. The monoisotopic (exact) mass is 367 g/mol. The number of benzene rings is 2. The van der Waals surface area contributed by atoms with E-state index in [-0.39, 0.29) is 23.3 Å². The molecule has 5 nitrogen and oxygen atoms in total. The summed E-state index contributed by atoms with van der Waals surface area (Å²) in [5.74, 6) is 0.0649. The third kappa shape index (κ3) is 3.96. The van der Waals surface area contributed by atoms with Crippen molar-refractivity contribution in [2.75, 3.05) is 11.1 Å². The summed E-state index contributed by atoms with van der Waals surface area (Å²) < 4.78 is 1.70. The molecule has 3 aromatic rings. The predicted octanol–water partition coefficient (Wildman–Crippen LogP) is 4.10. The fourth-order valence-corrected chi connectivity index (χ4v) is 3.54. The quantitative estimate of drug-likeness (QED) is 0.526. The van der Waals surface area contributed by atoms with Gasteiger partial charge in [0, 0.05) is 11.7 Å². The highest BCUT2D eigenvalue weighted by molar-refractivity contribution is 7.99. The second-order valence-corrected chi connectivity index (χ2v) is 6.99. The number of amides is 1. The van der Waals surface area contributed by atoms with E-state index in [2.05, 4.69) is 10.3 Å². The van der Waals surface area contributed by atoms with Crippen LogP contribution in [0.2, 0.25) is 0 Å². The molecule has 0 bridgehead atoms. The molecular formula is C20H21N3O2S. The average molecular weight is 367 g/mol. The summed E-state index contributed by atoms with van der Waals surface area (Å²) in [5.41, 5.74) is 1.35. The molecule has 1 aromatic heterocycles. The van der Waals surface area contributed by atoms with Crippen LogP contribution in [-0.4, -0.2) is 21.2 Å². The van der Waals surface area contributed by atoms with Crippen molar-refractivity contribution < 1.29 is 4.79 Å². The standard InChI is InChI=1S/C20H21N3O2S/c1-3-14(2)23-19(25)16-11-7-8-12-17(16)22-20(23)26-13-18(24)21-15-9-5-4-6-10-15/h4-12,14H,3,13H2,1-2H3,(H,21,24)/t14-/m1/s1. The van der Waals surface area contributed by atoms with E-state index in [0.29, 0.717) is 16.1 Å². The van der Waals surface area contributed by atoms with Gasteiger partial charge in [-0.2, -0.15) is 0 Å². The van der Waals surface area contributed by atoms with Gasteiger partial charge in [0.25, 0.3) is 5.56 Å². The van der Waals surface area contributed by atoms with Crippen LogP contribution in [0.15, 0.2) is 64.5 Å².